The Bertz CT molecular complexity index is 1250. The van der Waals surface area contributed by atoms with Gasteiger partial charge in [0.15, 0.2) is 0 Å². The standard InChI is InChI=1S/C46H79N3/c1-16-20-36(8)48(14)39(11)33(5)27-43-28-37(9)49(15)45-30-40(29-41(17-2)38(45)10)25-32(4)21-19-22-44(18-3)46(12,13)31-42(23-24-47)34(6)26-35(43)7/h19,21-22,29-30,34-36,39,42-44H,5,9,16-18,20,23-28,31,47H2,1-4,6-8,10-15H3/b22-19+,32-21+. The molecule has 0 aromatic heterocycles. The highest BCUT2D eigenvalue weighted by Gasteiger charge is 2.33. The fraction of sp³-hybridized carbons (Fsp3) is 0.696. The molecule has 7 unspecified atom stereocenters. The summed E-state index contributed by atoms with van der Waals surface area (Å²) in [5.41, 5.74) is 16.0. The maximum atomic E-state index is 6.31. The van der Waals surface area contributed by atoms with Crippen molar-refractivity contribution in [1.82, 2.24) is 4.90 Å². The van der Waals surface area contributed by atoms with Crippen LogP contribution in [0.3, 0.4) is 0 Å². The quantitative estimate of drug-likeness (QED) is 0.237. The van der Waals surface area contributed by atoms with Crippen molar-refractivity contribution in [2.75, 3.05) is 25.5 Å². The number of rotatable bonds is 11. The number of fused-ring (bicyclic) bond motifs is 2. The molecule has 2 rings (SSSR count). The molecule has 7 atom stereocenters. The third-order valence-electron chi connectivity index (χ3n) is 12.7. The van der Waals surface area contributed by atoms with Crippen LogP contribution in [0.25, 0.3) is 0 Å². The first-order valence-electron chi connectivity index (χ1n) is 20.0. The molecule has 1 aliphatic rings. The first-order valence-corrected chi connectivity index (χ1v) is 20.0. The second-order valence-corrected chi connectivity index (χ2v) is 17.0. The number of anilines is 1. The van der Waals surface area contributed by atoms with Gasteiger partial charge in [-0.2, -0.15) is 0 Å². The van der Waals surface area contributed by atoms with Crippen molar-refractivity contribution in [1.29, 1.82) is 0 Å². The van der Waals surface area contributed by atoms with Gasteiger partial charge in [-0.25, -0.2) is 0 Å². The molecule has 2 bridgehead atoms. The summed E-state index contributed by atoms with van der Waals surface area (Å²) in [7, 11) is 4.53. The average molecular weight is 674 g/mol. The molecule has 0 radical (unpaired) electrons. The summed E-state index contributed by atoms with van der Waals surface area (Å²) in [4.78, 5) is 4.95. The van der Waals surface area contributed by atoms with Gasteiger partial charge >= 0.3 is 0 Å². The van der Waals surface area contributed by atoms with Gasteiger partial charge in [-0.1, -0.05) is 103 Å². The van der Waals surface area contributed by atoms with Gasteiger partial charge in [-0.3, -0.25) is 4.90 Å². The Morgan fingerprint density at radius 1 is 1.08 bits per heavy atom. The van der Waals surface area contributed by atoms with Crippen LogP contribution in [-0.2, 0) is 12.8 Å². The van der Waals surface area contributed by atoms with Gasteiger partial charge in [0, 0.05) is 30.5 Å². The monoisotopic (exact) mass is 674 g/mol. The zero-order valence-electron chi connectivity index (χ0n) is 34.6. The summed E-state index contributed by atoms with van der Waals surface area (Å²) in [5, 5.41) is 0. The van der Waals surface area contributed by atoms with Crippen LogP contribution in [0.5, 0.6) is 0 Å². The summed E-state index contributed by atoms with van der Waals surface area (Å²) >= 11 is 0. The van der Waals surface area contributed by atoms with Gasteiger partial charge in [0.2, 0.25) is 0 Å². The van der Waals surface area contributed by atoms with Crippen LogP contribution < -0.4 is 10.6 Å². The van der Waals surface area contributed by atoms with Gasteiger partial charge in [-0.15, -0.1) is 0 Å². The van der Waals surface area contributed by atoms with E-state index >= 15 is 0 Å². The van der Waals surface area contributed by atoms with Crippen molar-refractivity contribution < 1.29 is 0 Å². The zero-order chi connectivity index (χ0) is 37.1. The van der Waals surface area contributed by atoms with Crippen LogP contribution >= 0.6 is 0 Å². The Hall–Kier alpha value is -2.10. The largest absolute Gasteiger partial charge is 0.349 e. The summed E-state index contributed by atoms with van der Waals surface area (Å²) in [6, 6.07) is 5.76. The third kappa shape index (κ3) is 12.3. The minimum atomic E-state index is 0.203. The first-order chi connectivity index (χ1) is 23.0. The number of likely N-dealkylation sites (N-methyl/N-ethyl adjacent to an activating group) is 1. The molecule has 2 N–H and O–H groups in total. The summed E-state index contributed by atoms with van der Waals surface area (Å²) in [6.07, 6.45) is 18.3. The lowest BCUT2D eigenvalue weighted by Crippen LogP contribution is -2.38. The van der Waals surface area contributed by atoms with E-state index in [1.807, 2.05) is 0 Å². The number of benzene rings is 1. The molecule has 3 nitrogen and oxygen atoms in total. The number of aryl methyl sites for hydroxylation is 1. The van der Waals surface area contributed by atoms with E-state index in [1.54, 1.807) is 0 Å². The predicted octanol–water partition coefficient (Wildman–Crippen LogP) is 12.1. The smallest absolute Gasteiger partial charge is 0.0440 e. The Balaban J connectivity index is 2.64. The number of hydrogen-bond acceptors (Lipinski definition) is 3. The van der Waals surface area contributed by atoms with Crippen LogP contribution in [-0.4, -0.2) is 37.6 Å². The number of hydrogen-bond donors (Lipinski definition) is 1. The average Bonchev–Trinajstić information content (AvgIpc) is 3.05. The number of allylic oxidation sites excluding steroid dienone is 5. The predicted molar refractivity (Wildman–Crippen MR) is 220 cm³/mol. The molecule has 0 saturated carbocycles. The van der Waals surface area contributed by atoms with E-state index in [0.717, 1.165) is 45.1 Å². The molecule has 0 aliphatic carbocycles. The van der Waals surface area contributed by atoms with Crippen molar-refractivity contribution in [2.45, 2.75) is 152 Å². The molecule has 1 aromatic rings. The van der Waals surface area contributed by atoms with E-state index in [2.05, 4.69) is 130 Å². The SMILES string of the molecule is C=C(CC1CC(=C)N(C)c2cc(cc(CC)c2C)C/C(C)=C/C=C/C(CC)C(C)(C)CC(CCN)C(C)CC1C)C(C)N(C)C(C)CCC. The van der Waals surface area contributed by atoms with Gasteiger partial charge in [0.05, 0.1) is 0 Å². The van der Waals surface area contributed by atoms with Crippen molar-refractivity contribution in [3.8, 4) is 0 Å². The highest BCUT2D eigenvalue weighted by atomic mass is 15.1. The van der Waals surface area contributed by atoms with Crippen LogP contribution in [0, 0.1) is 41.9 Å². The molecule has 0 amide bonds. The van der Waals surface area contributed by atoms with E-state index in [4.69, 9.17) is 18.9 Å². The van der Waals surface area contributed by atoms with Crippen LogP contribution in [0.2, 0.25) is 0 Å². The third-order valence-corrected chi connectivity index (χ3v) is 12.7. The van der Waals surface area contributed by atoms with E-state index < -0.39 is 0 Å². The van der Waals surface area contributed by atoms with Crippen LogP contribution in [0.15, 0.2) is 60.4 Å². The van der Waals surface area contributed by atoms with Gasteiger partial charge in [0.25, 0.3) is 0 Å². The molecule has 0 saturated heterocycles. The summed E-state index contributed by atoms with van der Waals surface area (Å²) in [5.74, 6) is 2.75. The Morgan fingerprint density at radius 3 is 2.33 bits per heavy atom. The van der Waals surface area contributed by atoms with E-state index in [9.17, 15) is 0 Å². The Kier molecular flexibility index (Phi) is 17.6. The van der Waals surface area contributed by atoms with Crippen molar-refractivity contribution in [3.63, 3.8) is 0 Å². The molecular weight excluding hydrogens is 595 g/mol. The maximum Gasteiger partial charge on any atom is 0.0440 e. The Labute approximate surface area is 305 Å². The van der Waals surface area contributed by atoms with E-state index in [0.29, 0.717) is 41.7 Å². The van der Waals surface area contributed by atoms with Gasteiger partial charge in [0.1, 0.15) is 0 Å². The molecule has 0 fully saturated rings. The van der Waals surface area contributed by atoms with Crippen LogP contribution in [0.4, 0.5) is 5.69 Å². The maximum absolute atomic E-state index is 6.31. The van der Waals surface area contributed by atoms with Crippen molar-refractivity contribution >= 4 is 5.69 Å². The van der Waals surface area contributed by atoms with Crippen LogP contribution in [0.1, 0.15) is 137 Å². The molecule has 1 aromatic carbocycles. The fourth-order valence-corrected chi connectivity index (χ4v) is 8.81. The van der Waals surface area contributed by atoms with Crippen molar-refractivity contribution in [2.24, 2.45) is 40.7 Å². The minimum absolute atomic E-state index is 0.203. The normalized spacial score (nSPS) is 27.4. The van der Waals surface area contributed by atoms with Crippen molar-refractivity contribution in [3.05, 3.63) is 77.1 Å². The number of nitrogens with two attached hydrogens (primary N) is 1. The van der Waals surface area contributed by atoms with Gasteiger partial charge < -0.3 is 10.6 Å². The first kappa shape index (κ1) is 43.1. The zero-order valence-corrected chi connectivity index (χ0v) is 34.6. The topological polar surface area (TPSA) is 32.5 Å². The molecule has 1 aliphatic heterocycles. The van der Waals surface area contributed by atoms with E-state index in [-0.39, 0.29) is 5.41 Å². The minimum Gasteiger partial charge on any atom is -0.349 e. The lowest BCUT2D eigenvalue weighted by atomic mass is 9.67. The second kappa shape index (κ2) is 20.1. The number of nitrogens with zero attached hydrogens (tertiary/aromatic N) is 2. The van der Waals surface area contributed by atoms with E-state index in [1.165, 1.54) is 64.9 Å². The Morgan fingerprint density at radius 2 is 1.73 bits per heavy atom. The second-order valence-electron chi connectivity index (χ2n) is 17.0. The fourth-order valence-electron chi connectivity index (χ4n) is 8.81. The molecule has 278 valence electrons. The summed E-state index contributed by atoms with van der Waals surface area (Å²) < 4.78 is 0. The molecular formula is C46H79N3. The molecule has 1 heterocycles. The highest BCUT2D eigenvalue weighted by molar-refractivity contribution is 5.61. The molecule has 0 spiro atoms. The van der Waals surface area contributed by atoms with Gasteiger partial charge in [-0.05, 0) is 157 Å². The lowest BCUT2D eigenvalue weighted by Gasteiger charge is -2.39. The molecule has 49 heavy (non-hydrogen) atoms. The molecule has 3 heteroatoms. The summed E-state index contributed by atoms with van der Waals surface area (Å²) in [6.45, 7) is 36.5. The highest BCUT2D eigenvalue weighted by Crippen LogP contribution is 2.43. The lowest BCUT2D eigenvalue weighted by molar-refractivity contribution is 0.136.